The summed E-state index contributed by atoms with van der Waals surface area (Å²) in [5.74, 6) is 2.50. The number of aryl methyl sites for hydroxylation is 1. The van der Waals surface area contributed by atoms with E-state index in [1.807, 2.05) is 24.0 Å². The van der Waals surface area contributed by atoms with Gasteiger partial charge in [0.1, 0.15) is 0 Å². The van der Waals surface area contributed by atoms with E-state index in [-0.39, 0.29) is 24.0 Å². The summed E-state index contributed by atoms with van der Waals surface area (Å²) >= 11 is 0. The Morgan fingerprint density at radius 1 is 1.29 bits per heavy atom. The van der Waals surface area contributed by atoms with E-state index in [1.165, 1.54) is 19.5 Å². The van der Waals surface area contributed by atoms with Crippen LogP contribution >= 0.6 is 24.0 Å². The molecule has 1 fully saturated rings. The smallest absolute Gasteiger partial charge is 0.191 e. The van der Waals surface area contributed by atoms with Gasteiger partial charge in [-0.1, -0.05) is 13.8 Å². The number of piperidine rings is 1. The van der Waals surface area contributed by atoms with Crippen molar-refractivity contribution in [2.24, 2.45) is 23.9 Å². The molecule has 1 aliphatic heterocycles. The van der Waals surface area contributed by atoms with Crippen molar-refractivity contribution >= 4 is 29.9 Å². The molecular weight excluding hydrogens is 415 g/mol. The van der Waals surface area contributed by atoms with Crippen LogP contribution in [-0.4, -0.2) is 53.4 Å². The number of rotatable bonds is 6. The summed E-state index contributed by atoms with van der Waals surface area (Å²) in [6.07, 6.45) is 3.17. The van der Waals surface area contributed by atoms with Crippen molar-refractivity contribution in [1.82, 2.24) is 25.3 Å². The van der Waals surface area contributed by atoms with Gasteiger partial charge in [-0.05, 0) is 31.2 Å². The highest BCUT2D eigenvalue weighted by Gasteiger charge is 2.21. The summed E-state index contributed by atoms with van der Waals surface area (Å²) in [4.78, 5) is 7.21. The van der Waals surface area contributed by atoms with Gasteiger partial charge in [0.2, 0.25) is 0 Å². The number of guanidine groups is 1. The van der Waals surface area contributed by atoms with Crippen molar-refractivity contribution in [3.8, 4) is 0 Å². The molecule has 7 heteroatoms. The lowest BCUT2D eigenvalue weighted by atomic mass is 9.92. The second-order valence-electron chi connectivity index (χ2n) is 6.77. The standard InChI is InChI=1S/C17H32N6.HI/c1-5-18-17(20-11-16-6-7-21-22(16)4)19-8-9-23-12-14(2)10-15(3)13-23;/h6-7,14-15H,5,8-13H2,1-4H3,(H2,18,19,20);1H. The summed E-state index contributed by atoms with van der Waals surface area (Å²) in [5, 5.41) is 10.9. The predicted molar refractivity (Wildman–Crippen MR) is 111 cm³/mol. The van der Waals surface area contributed by atoms with E-state index in [4.69, 9.17) is 0 Å². The van der Waals surface area contributed by atoms with Gasteiger partial charge in [-0.25, -0.2) is 4.99 Å². The van der Waals surface area contributed by atoms with Crippen molar-refractivity contribution in [1.29, 1.82) is 0 Å². The highest BCUT2D eigenvalue weighted by Crippen LogP contribution is 2.20. The van der Waals surface area contributed by atoms with E-state index in [2.05, 4.69) is 46.4 Å². The molecular formula is C17H33IN6. The maximum atomic E-state index is 4.64. The van der Waals surface area contributed by atoms with Crippen LogP contribution in [0.1, 0.15) is 32.9 Å². The third kappa shape index (κ3) is 6.96. The summed E-state index contributed by atoms with van der Waals surface area (Å²) in [6.45, 7) is 12.8. The fourth-order valence-corrected chi connectivity index (χ4v) is 3.37. The first-order chi connectivity index (χ1) is 11.1. The Labute approximate surface area is 163 Å². The molecule has 0 bridgehead atoms. The lowest BCUT2D eigenvalue weighted by molar-refractivity contribution is 0.143. The fraction of sp³-hybridized carbons (Fsp3) is 0.765. The van der Waals surface area contributed by atoms with Gasteiger partial charge >= 0.3 is 0 Å². The number of likely N-dealkylation sites (tertiary alicyclic amines) is 1. The molecule has 2 rings (SSSR count). The van der Waals surface area contributed by atoms with Crippen molar-refractivity contribution in [3.05, 3.63) is 18.0 Å². The molecule has 0 radical (unpaired) electrons. The van der Waals surface area contributed by atoms with Gasteiger partial charge < -0.3 is 15.5 Å². The van der Waals surface area contributed by atoms with E-state index in [1.54, 1.807) is 0 Å². The molecule has 2 N–H and O–H groups in total. The van der Waals surface area contributed by atoms with Gasteiger partial charge in [0.15, 0.2) is 5.96 Å². The first-order valence-electron chi connectivity index (χ1n) is 8.80. The number of nitrogens with zero attached hydrogens (tertiary/aromatic N) is 4. The SMILES string of the molecule is CCNC(=NCc1ccnn1C)NCCN1CC(C)CC(C)C1.I. The van der Waals surface area contributed by atoms with Crippen LogP contribution in [0.25, 0.3) is 0 Å². The van der Waals surface area contributed by atoms with Crippen LogP contribution in [0.15, 0.2) is 17.3 Å². The minimum absolute atomic E-state index is 0. The van der Waals surface area contributed by atoms with Gasteiger partial charge in [0.25, 0.3) is 0 Å². The average Bonchev–Trinajstić information content (AvgIpc) is 2.89. The number of aromatic nitrogens is 2. The highest BCUT2D eigenvalue weighted by atomic mass is 127. The monoisotopic (exact) mass is 448 g/mol. The molecule has 2 atom stereocenters. The molecule has 138 valence electrons. The zero-order chi connectivity index (χ0) is 16.7. The minimum atomic E-state index is 0. The van der Waals surface area contributed by atoms with E-state index >= 15 is 0 Å². The lowest BCUT2D eigenvalue weighted by Crippen LogP contribution is -2.45. The fourth-order valence-electron chi connectivity index (χ4n) is 3.37. The molecule has 1 aliphatic rings. The van der Waals surface area contributed by atoms with Gasteiger partial charge in [-0.3, -0.25) is 4.68 Å². The Kier molecular flexibility index (Phi) is 9.65. The zero-order valence-electron chi connectivity index (χ0n) is 15.5. The molecule has 2 unspecified atom stereocenters. The first-order valence-corrected chi connectivity index (χ1v) is 8.80. The molecule has 1 saturated heterocycles. The van der Waals surface area contributed by atoms with E-state index in [0.29, 0.717) is 6.54 Å². The van der Waals surface area contributed by atoms with Crippen LogP contribution in [0.5, 0.6) is 0 Å². The zero-order valence-corrected chi connectivity index (χ0v) is 17.8. The Morgan fingerprint density at radius 2 is 2.00 bits per heavy atom. The number of halogens is 1. The minimum Gasteiger partial charge on any atom is -0.357 e. The summed E-state index contributed by atoms with van der Waals surface area (Å²) in [6, 6.07) is 2.00. The maximum Gasteiger partial charge on any atom is 0.191 e. The molecule has 1 aromatic heterocycles. The molecule has 0 aromatic carbocycles. The Balaban J connectivity index is 0.00000288. The Bertz CT molecular complexity index is 491. The van der Waals surface area contributed by atoms with Gasteiger partial charge in [0.05, 0.1) is 12.2 Å². The van der Waals surface area contributed by atoms with Gasteiger partial charge in [-0.2, -0.15) is 5.10 Å². The van der Waals surface area contributed by atoms with Crippen LogP contribution in [-0.2, 0) is 13.6 Å². The first kappa shape index (κ1) is 21.2. The van der Waals surface area contributed by atoms with Gasteiger partial charge in [0, 0.05) is 46.0 Å². The van der Waals surface area contributed by atoms with Crippen LogP contribution in [0, 0.1) is 11.8 Å². The predicted octanol–water partition coefficient (Wildman–Crippen LogP) is 2.07. The van der Waals surface area contributed by atoms with E-state index in [9.17, 15) is 0 Å². The van der Waals surface area contributed by atoms with Crippen LogP contribution in [0.4, 0.5) is 0 Å². The Morgan fingerprint density at radius 3 is 2.58 bits per heavy atom. The topological polar surface area (TPSA) is 57.5 Å². The number of hydrogen-bond donors (Lipinski definition) is 2. The molecule has 0 amide bonds. The summed E-state index contributed by atoms with van der Waals surface area (Å²) in [5.41, 5.74) is 1.11. The molecule has 0 saturated carbocycles. The van der Waals surface area contributed by atoms with Gasteiger partial charge in [-0.15, -0.1) is 24.0 Å². The molecule has 1 aromatic rings. The largest absolute Gasteiger partial charge is 0.357 e. The van der Waals surface area contributed by atoms with Crippen molar-refractivity contribution in [3.63, 3.8) is 0 Å². The third-order valence-electron chi connectivity index (χ3n) is 4.33. The van der Waals surface area contributed by atoms with Crippen molar-refractivity contribution < 1.29 is 0 Å². The van der Waals surface area contributed by atoms with Crippen molar-refractivity contribution in [2.45, 2.75) is 33.7 Å². The number of aliphatic imine (C=N–C) groups is 1. The molecule has 0 spiro atoms. The lowest BCUT2D eigenvalue weighted by Gasteiger charge is -2.35. The molecule has 0 aliphatic carbocycles. The van der Waals surface area contributed by atoms with E-state index < -0.39 is 0 Å². The summed E-state index contributed by atoms with van der Waals surface area (Å²) < 4.78 is 1.86. The molecule has 6 nitrogen and oxygen atoms in total. The number of hydrogen-bond acceptors (Lipinski definition) is 3. The van der Waals surface area contributed by atoms with E-state index in [0.717, 1.165) is 43.1 Å². The maximum absolute atomic E-state index is 4.64. The Hall–Kier alpha value is -0.830. The van der Waals surface area contributed by atoms with Crippen LogP contribution < -0.4 is 10.6 Å². The summed E-state index contributed by atoms with van der Waals surface area (Å²) in [7, 11) is 1.95. The van der Waals surface area contributed by atoms with Crippen LogP contribution in [0.2, 0.25) is 0 Å². The average molecular weight is 448 g/mol. The molecule has 24 heavy (non-hydrogen) atoms. The second-order valence-corrected chi connectivity index (χ2v) is 6.77. The second kappa shape index (κ2) is 10.9. The normalized spacial score (nSPS) is 22.1. The highest BCUT2D eigenvalue weighted by molar-refractivity contribution is 14.0. The van der Waals surface area contributed by atoms with Crippen molar-refractivity contribution in [2.75, 3.05) is 32.7 Å². The van der Waals surface area contributed by atoms with Crippen LogP contribution in [0.3, 0.4) is 0 Å². The third-order valence-corrected chi connectivity index (χ3v) is 4.33. The number of nitrogens with one attached hydrogen (secondary N) is 2. The molecule has 2 heterocycles. The quantitative estimate of drug-likeness (QED) is 0.398.